The van der Waals surface area contributed by atoms with E-state index in [0.717, 1.165) is 0 Å². The van der Waals surface area contributed by atoms with E-state index in [1.54, 1.807) is 0 Å². The second-order valence-corrected chi connectivity index (χ2v) is 2.61. The molecule has 0 saturated carbocycles. The topological polar surface area (TPSA) is 83.6 Å². The lowest BCUT2D eigenvalue weighted by Gasteiger charge is -2.38. The quantitative estimate of drug-likeness (QED) is 0.485. The number of β-lactam (4-membered cyclic amide) rings is 1. The van der Waals surface area contributed by atoms with Crippen molar-refractivity contribution in [3.63, 3.8) is 0 Å². The normalized spacial score (nSPS) is 26.2. The van der Waals surface area contributed by atoms with Crippen molar-refractivity contribution >= 4 is 11.9 Å². The number of carbonyl (C=O) groups is 2. The average molecular weight is 158 g/mol. The van der Waals surface area contributed by atoms with Gasteiger partial charge in [-0.15, -0.1) is 0 Å². The first-order chi connectivity index (χ1) is 5.04. The van der Waals surface area contributed by atoms with Gasteiger partial charge in [0, 0.05) is 6.54 Å². The fraction of sp³-hybridized carbons (Fsp3) is 0.667. The minimum absolute atomic E-state index is 0.278. The summed E-state index contributed by atoms with van der Waals surface area (Å²) in [4.78, 5) is 22.4. The number of carbonyl (C=O) groups excluding carboxylic acids is 1. The number of carboxylic acid groups (broad SMARTS) is 1. The zero-order valence-corrected chi connectivity index (χ0v) is 6.15. The third-order valence-corrected chi connectivity index (χ3v) is 1.82. The van der Waals surface area contributed by atoms with Crippen molar-refractivity contribution in [3.05, 3.63) is 0 Å². The molecule has 1 rings (SSSR count). The second kappa shape index (κ2) is 2.50. The molecule has 5 nitrogen and oxygen atoms in total. The van der Waals surface area contributed by atoms with Gasteiger partial charge in [-0.05, 0) is 6.92 Å². The van der Waals surface area contributed by atoms with Crippen LogP contribution in [0.4, 0.5) is 0 Å². The summed E-state index contributed by atoms with van der Waals surface area (Å²) in [6.45, 7) is 1.82. The van der Waals surface area contributed by atoms with Crippen LogP contribution in [-0.4, -0.2) is 40.5 Å². The predicted molar refractivity (Wildman–Crippen MR) is 36.8 cm³/mol. The maximum Gasteiger partial charge on any atom is 0.326 e. The molecule has 0 spiro atoms. The van der Waals surface area contributed by atoms with Crippen molar-refractivity contribution in [3.8, 4) is 0 Å². The van der Waals surface area contributed by atoms with Gasteiger partial charge in [0.25, 0.3) is 0 Å². The van der Waals surface area contributed by atoms with Crippen molar-refractivity contribution in [1.82, 2.24) is 4.90 Å². The smallest absolute Gasteiger partial charge is 0.326 e. The number of hydrogen-bond donors (Lipinski definition) is 2. The predicted octanol–water partition coefficient (Wildman–Crippen LogP) is -1.37. The molecule has 2 atom stereocenters. The van der Waals surface area contributed by atoms with Crippen LogP contribution in [0.5, 0.6) is 0 Å². The van der Waals surface area contributed by atoms with E-state index in [4.69, 9.17) is 10.8 Å². The Morgan fingerprint density at radius 2 is 2.45 bits per heavy atom. The van der Waals surface area contributed by atoms with Crippen molar-refractivity contribution < 1.29 is 14.7 Å². The fourth-order valence-corrected chi connectivity index (χ4v) is 0.963. The van der Waals surface area contributed by atoms with E-state index in [-0.39, 0.29) is 5.91 Å². The second-order valence-electron chi connectivity index (χ2n) is 2.61. The van der Waals surface area contributed by atoms with Crippen molar-refractivity contribution in [2.75, 3.05) is 6.54 Å². The Hall–Kier alpha value is -1.10. The third kappa shape index (κ3) is 1.19. The molecule has 5 heteroatoms. The van der Waals surface area contributed by atoms with E-state index in [9.17, 15) is 9.59 Å². The van der Waals surface area contributed by atoms with E-state index in [2.05, 4.69) is 0 Å². The Morgan fingerprint density at radius 3 is 2.73 bits per heavy atom. The van der Waals surface area contributed by atoms with Crippen LogP contribution in [0.2, 0.25) is 0 Å². The Kier molecular flexibility index (Phi) is 1.82. The van der Waals surface area contributed by atoms with Gasteiger partial charge in [0.2, 0.25) is 5.91 Å². The van der Waals surface area contributed by atoms with Gasteiger partial charge < -0.3 is 15.7 Å². The third-order valence-electron chi connectivity index (χ3n) is 1.82. The van der Waals surface area contributed by atoms with Crippen LogP contribution in [0, 0.1) is 0 Å². The monoisotopic (exact) mass is 158 g/mol. The molecule has 0 bridgehead atoms. The number of amides is 1. The molecular formula is C6H10N2O3. The van der Waals surface area contributed by atoms with Gasteiger partial charge in [-0.25, -0.2) is 4.79 Å². The van der Waals surface area contributed by atoms with Crippen LogP contribution in [0.25, 0.3) is 0 Å². The Morgan fingerprint density at radius 1 is 1.91 bits per heavy atom. The number of likely N-dealkylation sites (tertiary alicyclic amines) is 1. The maximum absolute atomic E-state index is 10.8. The summed E-state index contributed by atoms with van der Waals surface area (Å²) >= 11 is 0. The van der Waals surface area contributed by atoms with Crippen LogP contribution >= 0.6 is 0 Å². The molecule has 1 amide bonds. The van der Waals surface area contributed by atoms with Gasteiger partial charge in [-0.1, -0.05) is 0 Å². The summed E-state index contributed by atoms with van der Waals surface area (Å²) in [6, 6.07) is -1.24. The summed E-state index contributed by atoms with van der Waals surface area (Å²) in [7, 11) is 0. The van der Waals surface area contributed by atoms with Crippen molar-refractivity contribution in [2.45, 2.75) is 19.0 Å². The first-order valence-corrected chi connectivity index (χ1v) is 3.33. The van der Waals surface area contributed by atoms with Gasteiger partial charge in [-0.3, -0.25) is 4.79 Å². The Balaban J connectivity index is 2.52. The molecule has 0 aromatic heterocycles. The number of carboxylic acids is 1. The van der Waals surface area contributed by atoms with E-state index < -0.39 is 18.1 Å². The first kappa shape index (κ1) is 8.00. The lowest BCUT2D eigenvalue weighted by Crippen LogP contribution is -2.64. The molecule has 11 heavy (non-hydrogen) atoms. The fourth-order valence-electron chi connectivity index (χ4n) is 0.963. The zero-order valence-electron chi connectivity index (χ0n) is 6.15. The molecule has 0 unspecified atom stereocenters. The molecule has 0 aromatic carbocycles. The van der Waals surface area contributed by atoms with Crippen LogP contribution < -0.4 is 5.73 Å². The zero-order chi connectivity index (χ0) is 8.59. The molecule has 1 aliphatic heterocycles. The van der Waals surface area contributed by atoms with E-state index >= 15 is 0 Å². The van der Waals surface area contributed by atoms with Crippen molar-refractivity contribution in [2.24, 2.45) is 5.73 Å². The number of nitrogens with two attached hydrogens (primary N) is 1. The number of aliphatic carboxylic acids is 1. The minimum Gasteiger partial charge on any atom is -0.480 e. The number of rotatable bonds is 2. The molecule has 1 aliphatic rings. The van der Waals surface area contributed by atoms with Gasteiger partial charge >= 0.3 is 5.97 Å². The highest BCUT2D eigenvalue weighted by atomic mass is 16.4. The Bertz CT molecular complexity index is 204. The van der Waals surface area contributed by atoms with Gasteiger partial charge in [0.1, 0.15) is 12.1 Å². The van der Waals surface area contributed by atoms with E-state index in [1.165, 1.54) is 11.8 Å². The Labute approximate surface area is 63.8 Å². The minimum atomic E-state index is -0.995. The standard InChI is InChI=1S/C6H10N2O3/c1-3(6(10)11)8-2-4(7)5(8)9/h3-4H,2,7H2,1H3,(H,10,11)/t3-,4+/m0/s1. The average Bonchev–Trinajstić information content (AvgIpc) is 1.98. The lowest BCUT2D eigenvalue weighted by molar-refractivity contribution is -0.156. The number of hydrogen-bond acceptors (Lipinski definition) is 3. The van der Waals surface area contributed by atoms with Gasteiger partial charge in [0.15, 0.2) is 0 Å². The summed E-state index contributed by atoms with van der Waals surface area (Å²) in [5.41, 5.74) is 5.27. The van der Waals surface area contributed by atoms with E-state index in [1.807, 2.05) is 0 Å². The van der Waals surface area contributed by atoms with Crippen molar-refractivity contribution in [1.29, 1.82) is 0 Å². The molecular weight excluding hydrogens is 148 g/mol. The summed E-state index contributed by atoms with van der Waals surface area (Å²) in [6.07, 6.45) is 0. The molecule has 1 heterocycles. The van der Waals surface area contributed by atoms with E-state index in [0.29, 0.717) is 6.54 Å². The lowest BCUT2D eigenvalue weighted by atomic mass is 10.1. The number of nitrogens with zero attached hydrogens (tertiary/aromatic N) is 1. The summed E-state index contributed by atoms with van der Waals surface area (Å²) in [5.74, 6) is -1.27. The SMILES string of the molecule is C[C@@H](C(=O)O)N1C[C@@H](N)C1=O. The molecule has 0 aromatic rings. The maximum atomic E-state index is 10.8. The summed E-state index contributed by atoms with van der Waals surface area (Å²) < 4.78 is 0. The highest BCUT2D eigenvalue weighted by Gasteiger charge is 2.39. The van der Waals surface area contributed by atoms with Gasteiger partial charge in [-0.2, -0.15) is 0 Å². The molecule has 0 radical (unpaired) electrons. The molecule has 0 aliphatic carbocycles. The molecule has 3 N–H and O–H groups in total. The highest BCUT2D eigenvalue weighted by Crippen LogP contribution is 2.11. The molecule has 62 valence electrons. The largest absolute Gasteiger partial charge is 0.480 e. The first-order valence-electron chi connectivity index (χ1n) is 3.33. The molecule has 1 saturated heterocycles. The van der Waals surface area contributed by atoms with Crippen LogP contribution in [0.15, 0.2) is 0 Å². The van der Waals surface area contributed by atoms with Gasteiger partial charge in [0.05, 0.1) is 0 Å². The van der Waals surface area contributed by atoms with Crippen LogP contribution in [0.3, 0.4) is 0 Å². The van der Waals surface area contributed by atoms with Crippen LogP contribution in [-0.2, 0) is 9.59 Å². The highest BCUT2D eigenvalue weighted by molar-refractivity contribution is 5.91. The van der Waals surface area contributed by atoms with Crippen LogP contribution in [0.1, 0.15) is 6.92 Å². The molecule has 1 fully saturated rings. The summed E-state index contributed by atoms with van der Waals surface area (Å²) in [5, 5.41) is 8.49.